The molecule has 1 aromatic carbocycles. The number of nitro groups is 1. The lowest BCUT2D eigenvalue weighted by atomic mass is 10.0. The van der Waals surface area contributed by atoms with E-state index in [2.05, 4.69) is 21.3 Å². The van der Waals surface area contributed by atoms with Gasteiger partial charge in [0.25, 0.3) is 11.6 Å². The van der Waals surface area contributed by atoms with E-state index in [4.69, 9.17) is 20.7 Å². The van der Waals surface area contributed by atoms with E-state index in [-0.39, 0.29) is 37.2 Å². The van der Waals surface area contributed by atoms with Crippen LogP contribution in [0.1, 0.15) is 48.9 Å². The van der Waals surface area contributed by atoms with Gasteiger partial charge < -0.3 is 42.0 Å². The molecule has 0 spiro atoms. The van der Waals surface area contributed by atoms with Gasteiger partial charge in [0, 0.05) is 25.0 Å². The van der Waals surface area contributed by atoms with Crippen molar-refractivity contribution in [3.8, 4) is 5.75 Å². The molecule has 0 fully saturated rings. The number of rotatable bonds is 11. The summed E-state index contributed by atoms with van der Waals surface area (Å²) in [6, 6.07) is -0.905. The van der Waals surface area contributed by atoms with Gasteiger partial charge in [-0.3, -0.25) is 38.9 Å². The van der Waals surface area contributed by atoms with Crippen molar-refractivity contribution in [1.29, 1.82) is 0 Å². The fourth-order valence-corrected chi connectivity index (χ4v) is 3.86. The van der Waals surface area contributed by atoms with Gasteiger partial charge >= 0.3 is 11.9 Å². The highest BCUT2D eigenvalue weighted by Gasteiger charge is 2.31. The number of aliphatic carboxylic acids is 2. The Morgan fingerprint density at radius 2 is 1.71 bits per heavy atom. The van der Waals surface area contributed by atoms with E-state index in [1.54, 1.807) is 0 Å². The van der Waals surface area contributed by atoms with Crippen LogP contribution in [0, 0.1) is 10.1 Å². The largest absolute Gasteiger partial charge is 0.493 e. The van der Waals surface area contributed by atoms with E-state index in [0.29, 0.717) is 19.4 Å². The number of fused-ring (bicyclic) bond motifs is 1. The lowest BCUT2D eigenvalue weighted by Gasteiger charge is -2.26. The average molecular weight is 581 g/mol. The Morgan fingerprint density at radius 3 is 2.34 bits per heavy atom. The van der Waals surface area contributed by atoms with Crippen LogP contribution < -0.4 is 31.7 Å². The zero-order valence-corrected chi connectivity index (χ0v) is 21.9. The van der Waals surface area contributed by atoms with Gasteiger partial charge in [-0.25, -0.2) is 0 Å². The molecule has 0 saturated carbocycles. The molecular weight excluding hydrogens is 548 g/mol. The van der Waals surface area contributed by atoms with Crippen LogP contribution >= 0.6 is 0 Å². The Hall–Kier alpha value is -4.80. The number of carboxylic acid groups (broad SMARTS) is 2. The molecule has 17 heteroatoms. The number of nitrogens with two attached hydrogens (primary N) is 1. The van der Waals surface area contributed by atoms with Crippen LogP contribution in [0.25, 0.3) is 0 Å². The Kier molecular flexibility index (Phi) is 12.4. The number of carbonyl (C=O) groups is 6. The van der Waals surface area contributed by atoms with E-state index in [0.717, 1.165) is 18.2 Å². The van der Waals surface area contributed by atoms with Crippen LogP contribution in [0.5, 0.6) is 5.75 Å². The zero-order valence-electron chi connectivity index (χ0n) is 21.9. The van der Waals surface area contributed by atoms with Gasteiger partial charge in [-0.1, -0.05) is 0 Å². The number of ether oxygens (including phenoxy) is 1. The highest BCUT2D eigenvalue weighted by Crippen LogP contribution is 2.25. The number of carboxylic acids is 2. The van der Waals surface area contributed by atoms with Gasteiger partial charge in [0.1, 0.15) is 30.4 Å². The van der Waals surface area contributed by atoms with Crippen molar-refractivity contribution in [1.82, 2.24) is 21.3 Å². The first-order valence-electron chi connectivity index (χ1n) is 12.7. The molecule has 1 aliphatic rings. The summed E-state index contributed by atoms with van der Waals surface area (Å²) >= 11 is 0. The SMILES string of the molecule is NCCCC[C@@H]1NC(=O)[C@H](CCC(=O)O)NC(=O)c2cc([N+](=O)[O-])ccc2OCC[C@@H](C(=O)NCC(=O)O)NC1=O. The molecule has 0 bridgehead atoms. The monoisotopic (exact) mass is 580 g/mol. The van der Waals surface area contributed by atoms with Gasteiger partial charge in [0.2, 0.25) is 17.7 Å². The number of nitrogens with zero attached hydrogens (tertiary/aromatic N) is 1. The van der Waals surface area contributed by atoms with Crippen LogP contribution in [0.2, 0.25) is 0 Å². The average Bonchev–Trinajstić information content (AvgIpc) is 2.91. The minimum atomic E-state index is -1.46. The lowest BCUT2D eigenvalue weighted by Crippen LogP contribution is -2.57. The summed E-state index contributed by atoms with van der Waals surface area (Å²) in [5.74, 6) is -6.29. The maximum Gasteiger partial charge on any atom is 0.322 e. The van der Waals surface area contributed by atoms with Gasteiger partial charge in [-0.05, 0) is 38.3 Å². The predicted molar refractivity (Wildman–Crippen MR) is 139 cm³/mol. The van der Waals surface area contributed by atoms with Crippen molar-refractivity contribution in [2.24, 2.45) is 5.73 Å². The second-order valence-corrected chi connectivity index (χ2v) is 9.05. The summed E-state index contributed by atoms with van der Waals surface area (Å²) in [6.45, 7) is -0.737. The number of carbonyl (C=O) groups excluding carboxylic acids is 4. The molecule has 3 atom stereocenters. The van der Waals surface area contributed by atoms with E-state index in [1.807, 2.05) is 0 Å². The number of amides is 4. The number of non-ortho nitro benzene ring substituents is 1. The fourth-order valence-electron chi connectivity index (χ4n) is 3.86. The Labute approximate surface area is 233 Å². The second-order valence-electron chi connectivity index (χ2n) is 9.05. The molecule has 4 amide bonds. The Morgan fingerprint density at radius 1 is 1.02 bits per heavy atom. The first-order chi connectivity index (χ1) is 19.4. The Bertz CT molecular complexity index is 1170. The van der Waals surface area contributed by atoms with Crippen LogP contribution in [0.15, 0.2) is 18.2 Å². The van der Waals surface area contributed by atoms with Crippen molar-refractivity contribution in [3.63, 3.8) is 0 Å². The second kappa shape index (κ2) is 15.7. The number of nitro benzene ring substituents is 1. The summed E-state index contributed by atoms with van der Waals surface area (Å²) < 4.78 is 5.61. The van der Waals surface area contributed by atoms with Crippen molar-refractivity contribution in [2.75, 3.05) is 19.7 Å². The molecule has 0 saturated heterocycles. The minimum Gasteiger partial charge on any atom is -0.493 e. The summed E-state index contributed by atoms with van der Waals surface area (Å²) in [5, 5.41) is 38.8. The maximum atomic E-state index is 13.2. The van der Waals surface area contributed by atoms with Gasteiger partial charge in [0.15, 0.2) is 0 Å². The third-order valence-corrected chi connectivity index (χ3v) is 5.98. The smallest absolute Gasteiger partial charge is 0.322 e. The standard InChI is InChI=1S/C24H32N6O11/c25-9-2-1-3-15-23(37)29-17(22(36)26-12-20(33)34)8-10-41-18-6-4-13(30(39)40)11-14(18)21(35)27-16(24(38)28-15)5-7-19(31)32/h4,6,11,15-17H,1-3,5,7-10,12,25H2,(H,26,36)(H,27,35)(H,28,38)(H,29,37)(H,31,32)(H,33,34)/t15-,16-,17-/m0/s1. The maximum absolute atomic E-state index is 13.2. The third-order valence-electron chi connectivity index (χ3n) is 5.98. The molecule has 0 aliphatic carbocycles. The summed E-state index contributed by atoms with van der Waals surface area (Å²) in [5.41, 5.74) is 4.72. The van der Waals surface area contributed by atoms with E-state index >= 15 is 0 Å². The molecule has 17 nitrogen and oxygen atoms in total. The molecule has 41 heavy (non-hydrogen) atoms. The van der Waals surface area contributed by atoms with E-state index in [9.17, 15) is 38.9 Å². The summed E-state index contributed by atoms with van der Waals surface area (Å²) in [4.78, 5) is 84.9. The van der Waals surface area contributed by atoms with E-state index < -0.39 is 77.3 Å². The number of hydrogen-bond acceptors (Lipinski definition) is 10. The molecule has 224 valence electrons. The van der Waals surface area contributed by atoms with Crippen molar-refractivity contribution in [2.45, 2.75) is 56.7 Å². The highest BCUT2D eigenvalue weighted by molar-refractivity contribution is 6.01. The highest BCUT2D eigenvalue weighted by atomic mass is 16.6. The number of nitrogens with one attached hydrogen (secondary N) is 4. The fraction of sp³-hybridized carbons (Fsp3) is 0.500. The van der Waals surface area contributed by atoms with Gasteiger partial charge in [-0.2, -0.15) is 0 Å². The minimum absolute atomic E-state index is 0.0728. The third kappa shape index (κ3) is 10.4. The summed E-state index contributed by atoms with van der Waals surface area (Å²) in [7, 11) is 0. The van der Waals surface area contributed by atoms with Crippen LogP contribution in [-0.2, 0) is 24.0 Å². The molecule has 0 aromatic heterocycles. The van der Waals surface area contributed by atoms with Gasteiger partial charge in [-0.15, -0.1) is 0 Å². The van der Waals surface area contributed by atoms with Crippen molar-refractivity contribution < 1.29 is 48.6 Å². The topological polar surface area (TPSA) is 269 Å². The molecule has 1 aliphatic heterocycles. The first-order valence-corrected chi connectivity index (χ1v) is 12.7. The summed E-state index contributed by atoms with van der Waals surface area (Å²) in [6.07, 6.45) is -0.174. The normalized spacial score (nSPS) is 19.7. The van der Waals surface area contributed by atoms with Crippen molar-refractivity contribution >= 4 is 41.3 Å². The number of hydrogen-bond donors (Lipinski definition) is 7. The van der Waals surface area contributed by atoms with Gasteiger partial charge in [0.05, 0.1) is 17.1 Å². The molecular formula is C24H32N6O11. The predicted octanol–water partition coefficient (Wildman–Crippen LogP) is -1.36. The molecule has 8 N–H and O–H groups in total. The zero-order chi connectivity index (χ0) is 30.5. The van der Waals surface area contributed by atoms with Crippen molar-refractivity contribution in [3.05, 3.63) is 33.9 Å². The quantitative estimate of drug-likeness (QED) is 0.0908. The Balaban J connectivity index is 2.51. The first kappa shape index (κ1) is 32.4. The number of benzene rings is 1. The van der Waals surface area contributed by atoms with Crippen LogP contribution in [-0.4, -0.2) is 88.5 Å². The lowest BCUT2D eigenvalue weighted by molar-refractivity contribution is -0.384. The van der Waals surface area contributed by atoms with Crippen LogP contribution in [0.3, 0.4) is 0 Å². The van der Waals surface area contributed by atoms with E-state index in [1.165, 1.54) is 0 Å². The molecule has 1 heterocycles. The molecule has 0 radical (unpaired) electrons. The molecule has 1 aromatic rings. The molecule has 0 unspecified atom stereocenters. The molecule has 2 rings (SSSR count). The van der Waals surface area contributed by atoms with Crippen LogP contribution in [0.4, 0.5) is 5.69 Å². The number of unbranched alkanes of at least 4 members (excludes halogenated alkanes) is 1.